The summed E-state index contributed by atoms with van der Waals surface area (Å²) < 4.78 is 0.895. The van der Waals surface area contributed by atoms with Gasteiger partial charge in [-0.25, -0.2) is 0 Å². The number of pyridine rings is 1. The van der Waals surface area contributed by atoms with Gasteiger partial charge in [0.2, 0.25) is 0 Å². The van der Waals surface area contributed by atoms with E-state index in [1.807, 2.05) is 6.07 Å². The maximum Gasteiger partial charge on any atom is 0.122 e. The molecule has 1 rings (SSSR count). The van der Waals surface area contributed by atoms with Gasteiger partial charge >= 0.3 is 0 Å². The van der Waals surface area contributed by atoms with E-state index in [9.17, 15) is 0 Å². The maximum atomic E-state index is 9.03. The van der Waals surface area contributed by atoms with Crippen molar-refractivity contribution in [3.8, 4) is 6.07 Å². The minimum atomic E-state index is -0.280. The summed E-state index contributed by atoms with van der Waals surface area (Å²) in [6.07, 6.45) is 3.42. The van der Waals surface area contributed by atoms with Gasteiger partial charge in [0.25, 0.3) is 0 Å². The van der Waals surface area contributed by atoms with Crippen LogP contribution in [-0.2, 0) is 0 Å². The van der Waals surface area contributed by atoms with Crippen molar-refractivity contribution >= 4 is 15.9 Å². The van der Waals surface area contributed by atoms with Crippen LogP contribution >= 0.6 is 15.9 Å². The zero-order chi connectivity index (χ0) is 11.3. The number of hydrogen-bond acceptors (Lipinski definition) is 3. The zero-order valence-electron chi connectivity index (χ0n) is 8.87. The van der Waals surface area contributed by atoms with Crippen LogP contribution in [0.1, 0.15) is 25.5 Å². The van der Waals surface area contributed by atoms with Gasteiger partial charge in [0, 0.05) is 22.4 Å². The van der Waals surface area contributed by atoms with E-state index in [2.05, 4.69) is 46.1 Å². The number of halogens is 1. The minimum absolute atomic E-state index is 0.280. The Morgan fingerprint density at radius 2 is 2.27 bits per heavy atom. The highest BCUT2D eigenvalue weighted by atomic mass is 79.9. The van der Waals surface area contributed by atoms with Crippen molar-refractivity contribution in [3.05, 3.63) is 28.5 Å². The average molecular weight is 268 g/mol. The second-order valence-electron chi connectivity index (χ2n) is 3.80. The fourth-order valence-electron chi connectivity index (χ4n) is 1.18. The summed E-state index contributed by atoms with van der Waals surface area (Å²) in [5.41, 5.74) is 0.896. The Bertz CT molecular complexity index is 357. The van der Waals surface area contributed by atoms with E-state index < -0.39 is 0 Å². The highest BCUT2D eigenvalue weighted by molar-refractivity contribution is 9.10. The van der Waals surface area contributed by atoms with E-state index in [0.29, 0.717) is 5.92 Å². The van der Waals surface area contributed by atoms with Crippen LogP contribution < -0.4 is 5.32 Å². The molecule has 0 aliphatic carbocycles. The van der Waals surface area contributed by atoms with Crippen LogP contribution in [-0.4, -0.2) is 11.5 Å². The number of nitrogens with one attached hydrogen (secondary N) is 1. The molecule has 4 heteroatoms. The van der Waals surface area contributed by atoms with Crippen molar-refractivity contribution in [2.75, 3.05) is 6.54 Å². The highest BCUT2D eigenvalue weighted by Gasteiger charge is 2.10. The van der Waals surface area contributed by atoms with Crippen LogP contribution in [0.2, 0.25) is 0 Å². The Labute approximate surface area is 98.7 Å². The smallest absolute Gasteiger partial charge is 0.122 e. The molecule has 1 aromatic heterocycles. The molecule has 3 nitrogen and oxygen atoms in total. The van der Waals surface area contributed by atoms with Crippen LogP contribution in [0.4, 0.5) is 0 Å². The van der Waals surface area contributed by atoms with E-state index >= 15 is 0 Å². The molecule has 15 heavy (non-hydrogen) atoms. The molecule has 1 unspecified atom stereocenters. The highest BCUT2D eigenvalue weighted by Crippen LogP contribution is 2.16. The summed E-state index contributed by atoms with van der Waals surface area (Å²) in [5, 5.41) is 12.2. The van der Waals surface area contributed by atoms with Crippen molar-refractivity contribution in [2.24, 2.45) is 5.92 Å². The number of aromatic nitrogens is 1. The molecular weight excluding hydrogens is 254 g/mol. The standard InChI is InChI=1S/C11H14BrN3/c1-8(2)5-15-11(4-13)9-3-10(12)7-14-6-9/h3,6-8,11,15H,5H2,1-2H3. The molecule has 0 bridgehead atoms. The monoisotopic (exact) mass is 267 g/mol. The molecule has 0 aliphatic rings. The van der Waals surface area contributed by atoms with Gasteiger partial charge in [0.05, 0.1) is 6.07 Å². The summed E-state index contributed by atoms with van der Waals surface area (Å²) in [6, 6.07) is 3.86. The molecule has 1 heterocycles. The Kier molecular flexibility index (Phi) is 4.73. The van der Waals surface area contributed by atoms with Gasteiger partial charge in [0.1, 0.15) is 6.04 Å². The first-order chi connectivity index (χ1) is 7.13. The average Bonchev–Trinajstić information content (AvgIpc) is 2.18. The lowest BCUT2D eigenvalue weighted by atomic mass is 10.1. The van der Waals surface area contributed by atoms with Gasteiger partial charge in [-0.1, -0.05) is 13.8 Å². The molecule has 0 radical (unpaired) electrons. The van der Waals surface area contributed by atoms with Crippen LogP contribution in [0.25, 0.3) is 0 Å². The summed E-state index contributed by atoms with van der Waals surface area (Å²) >= 11 is 3.34. The quantitative estimate of drug-likeness (QED) is 0.913. The van der Waals surface area contributed by atoms with Crippen LogP contribution in [0.15, 0.2) is 22.9 Å². The lowest BCUT2D eigenvalue weighted by molar-refractivity contribution is 0.524. The van der Waals surface area contributed by atoms with Crippen molar-refractivity contribution in [2.45, 2.75) is 19.9 Å². The van der Waals surface area contributed by atoms with Crippen molar-refractivity contribution < 1.29 is 0 Å². The lowest BCUT2D eigenvalue weighted by Crippen LogP contribution is -2.24. The summed E-state index contributed by atoms with van der Waals surface area (Å²) in [5.74, 6) is 0.529. The molecule has 1 N–H and O–H groups in total. The predicted molar refractivity (Wildman–Crippen MR) is 63.1 cm³/mol. The molecule has 0 amide bonds. The van der Waals surface area contributed by atoms with Gasteiger partial charge in [-0.05, 0) is 34.5 Å². The molecule has 80 valence electrons. The summed E-state index contributed by atoms with van der Waals surface area (Å²) in [6.45, 7) is 5.05. The normalized spacial score (nSPS) is 12.5. The van der Waals surface area contributed by atoms with Gasteiger partial charge in [0.15, 0.2) is 0 Å². The molecule has 0 aromatic carbocycles. The van der Waals surface area contributed by atoms with Crippen LogP contribution in [0.3, 0.4) is 0 Å². The lowest BCUT2D eigenvalue weighted by Gasteiger charge is -2.13. The first-order valence-corrected chi connectivity index (χ1v) is 5.66. The predicted octanol–water partition coefficient (Wildman–Crippen LogP) is 2.65. The van der Waals surface area contributed by atoms with Gasteiger partial charge in [-0.2, -0.15) is 5.26 Å². The second-order valence-corrected chi connectivity index (χ2v) is 4.72. The third kappa shape index (κ3) is 3.98. The molecule has 0 saturated heterocycles. The first kappa shape index (κ1) is 12.2. The number of rotatable bonds is 4. The Hall–Kier alpha value is -0.920. The third-order valence-corrected chi connectivity index (χ3v) is 2.35. The largest absolute Gasteiger partial charge is 0.298 e. The Morgan fingerprint density at radius 3 is 2.80 bits per heavy atom. The maximum absolute atomic E-state index is 9.03. The Morgan fingerprint density at radius 1 is 1.53 bits per heavy atom. The van der Waals surface area contributed by atoms with Gasteiger partial charge < -0.3 is 0 Å². The zero-order valence-corrected chi connectivity index (χ0v) is 10.5. The summed E-state index contributed by atoms with van der Waals surface area (Å²) in [7, 11) is 0. The van der Waals surface area contributed by atoms with E-state index in [4.69, 9.17) is 5.26 Å². The molecule has 0 saturated carbocycles. The summed E-state index contributed by atoms with van der Waals surface area (Å²) in [4.78, 5) is 4.04. The fraction of sp³-hybridized carbons (Fsp3) is 0.455. The molecular formula is C11H14BrN3. The number of nitriles is 1. The van der Waals surface area contributed by atoms with E-state index in [-0.39, 0.29) is 6.04 Å². The van der Waals surface area contributed by atoms with Crippen LogP contribution in [0.5, 0.6) is 0 Å². The van der Waals surface area contributed by atoms with Gasteiger partial charge in [-0.15, -0.1) is 0 Å². The van der Waals surface area contributed by atoms with E-state index in [0.717, 1.165) is 16.6 Å². The van der Waals surface area contributed by atoms with Crippen molar-refractivity contribution in [1.29, 1.82) is 5.26 Å². The minimum Gasteiger partial charge on any atom is -0.298 e. The van der Waals surface area contributed by atoms with Crippen molar-refractivity contribution in [3.63, 3.8) is 0 Å². The van der Waals surface area contributed by atoms with Crippen molar-refractivity contribution in [1.82, 2.24) is 10.3 Å². The van der Waals surface area contributed by atoms with E-state index in [1.165, 1.54) is 0 Å². The van der Waals surface area contributed by atoms with Gasteiger partial charge in [-0.3, -0.25) is 10.3 Å². The molecule has 0 fully saturated rings. The molecule has 0 aliphatic heterocycles. The fourth-order valence-corrected chi connectivity index (χ4v) is 1.56. The van der Waals surface area contributed by atoms with E-state index in [1.54, 1.807) is 12.4 Å². The number of hydrogen-bond donors (Lipinski definition) is 1. The topological polar surface area (TPSA) is 48.7 Å². The third-order valence-electron chi connectivity index (χ3n) is 1.92. The molecule has 1 atom stereocenters. The molecule has 1 aromatic rings. The first-order valence-electron chi connectivity index (χ1n) is 4.87. The van der Waals surface area contributed by atoms with Crippen LogP contribution in [0, 0.1) is 17.2 Å². The molecule has 0 spiro atoms. The number of nitrogens with zero attached hydrogens (tertiary/aromatic N) is 2. The second kappa shape index (κ2) is 5.84. The SMILES string of the molecule is CC(C)CNC(C#N)c1cncc(Br)c1. The Balaban J connectivity index is 2.71.